The molecule has 0 heterocycles. The van der Waals surface area contributed by atoms with Gasteiger partial charge in [-0.1, -0.05) is 23.7 Å². The van der Waals surface area contributed by atoms with Crippen LogP contribution in [0.2, 0.25) is 5.02 Å². The molecule has 0 aliphatic heterocycles. The minimum atomic E-state index is -0.244. The summed E-state index contributed by atoms with van der Waals surface area (Å²) in [6.45, 7) is 0.551. The van der Waals surface area contributed by atoms with Crippen molar-refractivity contribution in [3.8, 4) is 5.75 Å². The molecule has 2 rings (SSSR count). The Hall–Kier alpha value is -1.39. The van der Waals surface area contributed by atoms with Crippen LogP contribution in [0.5, 0.6) is 5.75 Å². The third-order valence-corrected chi connectivity index (χ3v) is 3.55. The van der Waals surface area contributed by atoms with Crippen molar-refractivity contribution in [1.29, 1.82) is 0 Å². The summed E-state index contributed by atoms with van der Waals surface area (Å²) in [5, 5.41) is 10.4. The molecule has 0 saturated carbocycles. The SMILES string of the molecule is Oc1c(Br)cc(Cl)cc1C=NCCc1ccc(F)cc1. The van der Waals surface area contributed by atoms with Gasteiger partial charge in [0.1, 0.15) is 11.6 Å². The molecule has 0 aliphatic rings. The number of aromatic hydroxyl groups is 1. The second-order valence-electron chi connectivity index (χ2n) is 4.24. The molecule has 0 fully saturated rings. The molecular weight excluding hydrogens is 345 g/mol. The Morgan fingerprint density at radius 3 is 2.65 bits per heavy atom. The van der Waals surface area contributed by atoms with E-state index in [0.717, 1.165) is 5.56 Å². The Morgan fingerprint density at radius 2 is 1.95 bits per heavy atom. The zero-order valence-electron chi connectivity index (χ0n) is 10.5. The normalized spacial score (nSPS) is 11.2. The van der Waals surface area contributed by atoms with E-state index < -0.39 is 0 Å². The molecule has 2 nitrogen and oxygen atoms in total. The number of hydrogen-bond acceptors (Lipinski definition) is 2. The Kier molecular flexibility index (Phi) is 5.15. The van der Waals surface area contributed by atoms with E-state index >= 15 is 0 Å². The van der Waals surface area contributed by atoms with Crippen molar-refractivity contribution >= 4 is 33.7 Å². The quantitative estimate of drug-likeness (QED) is 0.797. The number of rotatable bonds is 4. The van der Waals surface area contributed by atoms with Crippen LogP contribution >= 0.6 is 27.5 Å². The van der Waals surface area contributed by atoms with E-state index in [1.807, 2.05) is 0 Å². The summed E-state index contributed by atoms with van der Waals surface area (Å²) in [6, 6.07) is 9.59. The third kappa shape index (κ3) is 4.05. The molecule has 5 heteroatoms. The number of phenols is 1. The van der Waals surface area contributed by atoms with E-state index in [2.05, 4.69) is 20.9 Å². The fraction of sp³-hybridized carbons (Fsp3) is 0.133. The highest BCUT2D eigenvalue weighted by Crippen LogP contribution is 2.30. The average molecular weight is 357 g/mol. The van der Waals surface area contributed by atoms with Gasteiger partial charge in [-0.2, -0.15) is 0 Å². The van der Waals surface area contributed by atoms with Gasteiger partial charge in [0.2, 0.25) is 0 Å². The van der Waals surface area contributed by atoms with Gasteiger partial charge in [-0.15, -0.1) is 0 Å². The number of aliphatic imine (C=N–C) groups is 1. The fourth-order valence-electron chi connectivity index (χ4n) is 1.69. The summed E-state index contributed by atoms with van der Waals surface area (Å²) < 4.78 is 13.3. The van der Waals surface area contributed by atoms with Crippen molar-refractivity contribution in [3.63, 3.8) is 0 Å². The molecule has 2 aromatic carbocycles. The van der Waals surface area contributed by atoms with E-state index in [4.69, 9.17) is 11.6 Å². The predicted molar refractivity (Wildman–Crippen MR) is 83.4 cm³/mol. The minimum Gasteiger partial charge on any atom is -0.506 e. The van der Waals surface area contributed by atoms with Gasteiger partial charge in [0.15, 0.2) is 0 Å². The summed E-state index contributed by atoms with van der Waals surface area (Å²) in [4.78, 5) is 4.24. The lowest BCUT2D eigenvalue weighted by Crippen LogP contribution is -1.91. The molecule has 104 valence electrons. The standard InChI is InChI=1S/C15H12BrClFNO/c16-14-8-12(17)7-11(15(14)20)9-19-6-5-10-1-3-13(18)4-2-10/h1-4,7-9,20H,5-6H2. The van der Waals surface area contributed by atoms with Gasteiger partial charge in [0.25, 0.3) is 0 Å². The second kappa shape index (κ2) is 6.86. The second-order valence-corrected chi connectivity index (χ2v) is 5.53. The van der Waals surface area contributed by atoms with Crippen LogP contribution < -0.4 is 0 Å². The van der Waals surface area contributed by atoms with Crippen molar-refractivity contribution < 1.29 is 9.50 Å². The number of phenolic OH excluding ortho intramolecular Hbond substituents is 1. The van der Waals surface area contributed by atoms with E-state index in [9.17, 15) is 9.50 Å². The molecule has 0 saturated heterocycles. The van der Waals surface area contributed by atoms with E-state index in [1.165, 1.54) is 12.1 Å². The molecule has 20 heavy (non-hydrogen) atoms. The van der Waals surface area contributed by atoms with Crippen LogP contribution in [-0.4, -0.2) is 17.9 Å². The maximum absolute atomic E-state index is 12.7. The van der Waals surface area contributed by atoms with Crippen LogP contribution in [0.1, 0.15) is 11.1 Å². The van der Waals surface area contributed by atoms with Crippen molar-refractivity contribution in [1.82, 2.24) is 0 Å². The molecule has 0 aliphatic carbocycles. The van der Waals surface area contributed by atoms with Crippen LogP contribution in [0.25, 0.3) is 0 Å². The lowest BCUT2D eigenvalue weighted by atomic mass is 10.1. The number of benzene rings is 2. The zero-order chi connectivity index (χ0) is 14.5. The lowest BCUT2D eigenvalue weighted by molar-refractivity contribution is 0.471. The Labute approximate surface area is 130 Å². The molecule has 2 aromatic rings. The first-order valence-corrected chi connectivity index (χ1v) is 7.15. The molecular formula is C15H12BrClFNO. The molecule has 0 aromatic heterocycles. The molecule has 0 radical (unpaired) electrons. The van der Waals surface area contributed by atoms with Crippen LogP contribution in [0.3, 0.4) is 0 Å². The molecule has 0 spiro atoms. The summed E-state index contributed by atoms with van der Waals surface area (Å²) in [7, 11) is 0. The maximum atomic E-state index is 12.7. The van der Waals surface area contributed by atoms with Gasteiger partial charge in [-0.25, -0.2) is 4.39 Å². The first-order valence-electron chi connectivity index (χ1n) is 5.98. The first-order chi connectivity index (χ1) is 9.56. The Bertz CT molecular complexity index is 629. The maximum Gasteiger partial charge on any atom is 0.138 e. The third-order valence-electron chi connectivity index (χ3n) is 2.73. The van der Waals surface area contributed by atoms with Gasteiger partial charge < -0.3 is 5.11 Å². The summed E-state index contributed by atoms with van der Waals surface area (Å²) in [5.74, 6) is -0.133. The van der Waals surface area contributed by atoms with Crippen molar-refractivity contribution in [2.24, 2.45) is 4.99 Å². The largest absolute Gasteiger partial charge is 0.506 e. The monoisotopic (exact) mass is 355 g/mol. The summed E-state index contributed by atoms with van der Waals surface area (Å²) in [5.41, 5.74) is 1.57. The smallest absolute Gasteiger partial charge is 0.138 e. The molecule has 0 amide bonds. The Morgan fingerprint density at radius 1 is 1.25 bits per heavy atom. The van der Waals surface area contributed by atoms with Gasteiger partial charge in [0, 0.05) is 23.3 Å². The fourth-order valence-corrected chi connectivity index (χ4v) is 2.53. The highest BCUT2D eigenvalue weighted by atomic mass is 79.9. The Balaban J connectivity index is 1.98. The lowest BCUT2D eigenvalue weighted by Gasteiger charge is -2.02. The van der Waals surface area contributed by atoms with Gasteiger partial charge in [-0.05, 0) is 52.2 Å². The van der Waals surface area contributed by atoms with Crippen LogP contribution in [0.15, 0.2) is 45.9 Å². The predicted octanol–water partition coefficient (Wildman–Crippen LogP) is 4.61. The van der Waals surface area contributed by atoms with E-state index in [1.54, 1.807) is 30.5 Å². The molecule has 0 atom stereocenters. The summed E-state index contributed by atoms with van der Waals surface area (Å²) >= 11 is 9.13. The minimum absolute atomic E-state index is 0.111. The van der Waals surface area contributed by atoms with Crippen LogP contribution in [0.4, 0.5) is 4.39 Å². The first kappa shape index (κ1) is 15.0. The topological polar surface area (TPSA) is 32.6 Å². The highest BCUT2D eigenvalue weighted by molar-refractivity contribution is 9.10. The van der Waals surface area contributed by atoms with Crippen molar-refractivity contribution in [2.75, 3.05) is 6.54 Å². The van der Waals surface area contributed by atoms with Gasteiger partial charge >= 0.3 is 0 Å². The number of nitrogens with zero attached hydrogens (tertiary/aromatic N) is 1. The van der Waals surface area contributed by atoms with E-state index in [0.29, 0.717) is 28.0 Å². The average Bonchev–Trinajstić information content (AvgIpc) is 2.42. The van der Waals surface area contributed by atoms with Crippen LogP contribution in [-0.2, 0) is 6.42 Å². The van der Waals surface area contributed by atoms with Gasteiger partial charge in [0.05, 0.1) is 4.47 Å². The highest BCUT2D eigenvalue weighted by Gasteiger charge is 2.05. The molecule has 1 N–H and O–H groups in total. The van der Waals surface area contributed by atoms with Crippen LogP contribution in [0, 0.1) is 5.82 Å². The molecule has 0 bridgehead atoms. The van der Waals surface area contributed by atoms with Crippen molar-refractivity contribution in [3.05, 3.63) is 62.8 Å². The zero-order valence-corrected chi connectivity index (χ0v) is 12.8. The summed E-state index contributed by atoms with van der Waals surface area (Å²) in [6.07, 6.45) is 2.29. The van der Waals surface area contributed by atoms with Crippen molar-refractivity contribution in [2.45, 2.75) is 6.42 Å². The number of halogens is 3. The van der Waals surface area contributed by atoms with E-state index in [-0.39, 0.29) is 11.6 Å². The van der Waals surface area contributed by atoms with Gasteiger partial charge in [-0.3, -0.25) is 4.99 Å². The number of hydrogen-bond donors (Lipinski definition) is 1. The molecule has 0 unspecified atom stereocenters.